The molecule has 19 heavy (non-hydrogen) atoms. The van der Waals surface area contributed by atoms with Crippen LogP contribution in [0.2, 0.25) is 0 Å². The molecular weight excluding hydrogens is 312 g/mol. The highest BCUT2D eigenvalue weighted by Gasteiger charge is 2.20. The van der Waals surface area contributed by atoms with Gasteiger partial charge in [-0.1, -0.05) is 22.0 Å². The first-order valence-corrected chi connectivity index (χ1v) is 6.91. The van der Waals surface area contributed by atoms with Crippen molar-refractivity contribution in [1.29, 1.82) is 0 Å². The van der Waals surface area contributed by atoms with Gasteiger partial charge in [-0.15, -0.1) is 0 Å². The lowest BCUT2D eigenvalue weighted by molar-refractivity contribution is 0.00695. The van der Waals surface area contributed by atoms with Gasteiger partial charge in [0.25, 0.3) is 0 Å². The number of alkyl halides is 1. The third-order valence-electron chi connectivity index (χ3n) is 2.29. The number of esters is 2. The molecule has 4 nitrogen and oxygen atoms in total. The third-order valence-corrected chi connectivity index (χ3v) is 2.90. The van der Waals surface area contributed by atoms with Gasteiger partial charge < -0.3 is 9.47 Å². The minimum atomic E-state index is -0.573. The zero-order valence-corrected chi connectivity index (χ0v) is 13.0. The van der Waals surface area contributed by atoms with Crippen molar-refractivity contribution in [2.75, 3.05) is 7.11 Å². The fourth-order valence-electron chi connectivity index (χ4n) is 1.46. The highest BCUT2D eigenvalue weighted by molar-refractivity contribution is 9.08. The number of halogens is 1. The maximum Gasteiger partial charge on any atom is 0.338 e. The highest BCUT2D eigenvalue weighted by atomic mass is 79.9. The van der Waals surface area contributed by atoms with Gasteiger partial charge in [0, 0.05) is 5.33 Å². The number of hydrogen-bond donors (Lipinski definition) is 0. The summed E-state index contributed by atoms with van der Waals surface area (Å²) in [4.78, 5) is 23.6. The minimum Gasteiger partial charge on any atom is -0.465 e. The Labute approximate surface area is 121 Å². The summed E-state index contributed by atoms with van der Waals surface area (Å²) in [6.45, 7) is 5.37. The summed E-state index contributed by atoms with van der Waals surface area (Å²) in [5.41, 5.74) is 0.887. The highest BCUT2D eigenvalue weighted by Crippen LogP contribution is 2.19. The first kappa shape index (κ1) is 15.7. The molecule has 0 saturated heterocycles. The van der Waals surface area contributed by atoms with E-state index in [0.717, 1.165) is 5.56 Å². The van der Waals surface area contributed by atoms with Crippen LogP contribution in [0.15, 0.2) is 18.2 Å². The molecular formula is C14H17BrO4. The second kappa shape index (κ2) is 6.19. The van der Waals surface area contributed by atoms with Crippen molar-refractivity contribution in [3.8, 4) is 0 Å². The fraction of sp³-hybridized carbons (Fsp3) is 0.429. The quantitative estimate of drug-likeness (QED) is 0.630. The molecule has 0 heterocycles. The van der Waals surface area contributed by atoms with Gasteiger partial charge in [-0.2, -0.15) is 0 Å². The molecule has 0 amide bonds. The molecule has 0 atom stereocenters. The molecule has 104 valence electrons. The average Bonchev–Trinajstić information content (AvgIpc) is 2.35. The van der Waals surface area contributed by atoms with E-state index in [1.807, 2.05) is 0 Å². The number of rotatable bonds is 3. The lowest BCUT2D eigenvalue weighted by atomic mass is 10.0. The third kappa shape index (κ3) is 4.35. The second-order valence-electron chi connectivity index (χ2n) is 5.00. The van der Waals surface area contributed by atoms with Gasteiger partial charge in [0.15, 0.2) is 0 Å². The number of hydrogen-bond acceptors (Lipinski definition) is 4. The molecule has 1 aromatic carbocycles. The van der Waals surface area contributed by atoms with Crippen LogP contribution in [0.25, 0.3) is 0 Å². The van der Waals surface area contributed by atoms with Crippen LogP contribution >= 0.6 is 15.9 Å². The Morgan fingerprint density at radius 3 is 2.32 bits per heavy atom. The van der Waals surface area contributed by atoms with E-state index in [1.165, 1.54) is 13.2 Å². The van der Waals surface area contributed by atoms with E-state index in [0.29, 0.717) is 16.5 Å². The molecule has 0 aliphatic carbocycles. The first-order valence-electron chi connectivity index (χ1n) is 5.79. The lowest BCUT2D eigenvalue weighted by Crippen LogP contribution is -2.24. The van der Waals surface area contributed by atoms with Gasteiger partial charge in [0.1, 0.15) is 5.60 Å². The monoisotopic (exact) mass is 328 g/mol. The van der Waals surface area contributed by atoms with Crippen molar-refractivity contribution < 1.29 is 19.1 Å². The first-order chi connectivity index (χ1) is 8.78. The van der Waals surface area contributed by atoms with Crippen molar-refractivity contribution in [1.82, 2.24) is 0 Å². The fourth-order valence-corrected chi connectivity index (χ4v) is 1.95. The summed E-state index contributed by atoms with van der Waals surface area (Å²) in [7, 11) is 1.31. The minimum absolute atomic E-state index is 0.333. The Balaban J connectivity index is 3.11. The summed E-state index contributed by atoms with van der Waals surface area (Å²) in [6, 6.07) is 4.84. The standard InChI is InChI=1S/C14H17BrO4/c1-14(2,3)19-12(16)9-5-6-10(8-15)11(7-9)13(17)18-4/h5-7H,8H2,1-4H3. The van der Waals surface area contributed by atoms with Crippen molar-refractivity contribution in [2.45, 2.75) is 31.7 Å². The maximum atomic E-state index is 11.9. The van der Waals surface area contributed by atoms with E-state index < -0.39 is 17.5 Å². The van der Waals surface area contributed by atoms with Crippen LogP contribution in [-0.2, 0) is 14.8 Å². The van der Waals surface area contributed by atoms with Gasteiger partial charge in [0.2, 0.25) is 0 Å². The molecule has 1 rings (SSSR count). The van der Waals surface area contributed by atoms with Crippen LogP contribution in [-0.4, -0.2) is 24.6 Å². The van der Waals surface area contributed by atoms with Gasteiger partial charge in [-0.3, -0.25) is 0 Å². The van der Waals surface area contributed by atoms with Crippen molar-refractivity contribution in [3.05, 3.63) is 34.9 Å². The topological polar surface area (TPSA) is 52.6 Å². The molecule has 5 heteroatoms. The van der Waals surface area contributed by atoms with Crippen LogP contribution in [0, 0.1) is 0 Å². The van der Waals surface area contributed by atoms with Gasteiger partial charge in [0.05, 0.1) is 18.2 Å². The number of benzene rings is 1. The van der Waals surface area contributed by atoms with E-state index in [4.69, 9.17) is 9.47 Å². The molecule has 0 aromatic heterocycles. The Kier molecular flexibility index (Phi) is 5.11. The molecule has 0 unspecified atom stereocenters. The van der Waals surface area contributed by atoms with Gasteiger partial charge in [-0.25, -0.2) is 9.59 Å². The Bertz CT molecular complexity index is 489. The molecule has 0 saturated carbocycles. The van der Waals surface area contributed by atoms with Gasteiger partial charge in [-0.05, 0) is 38.5 Å². The Morgan fingerprint density at radius 1 is 1.21 bits per heavy atom. The molecule has 0 aliphatic heterocycles. The smallest absolute Gasteiger partial charge is 0.338 e. The lowest BCUT2D eigenvalue weighted by Gasteiger charge is -2.19. The summed E-state index contributed by atoms with van der Waals surface area (Å²) in [6.07, 6.45) is 0. The van der Waals surface area contributed by atoms with Crippen LogP contribution in [0.4, 0.5) is 0 Å². The van der Waals surface area contributed by atoms with E-state index in [1.54, 1.807) is 32.9 Å². The molecule has 0 radical (unpaired) electrons. The number of methoxy groups -OCH3 is 1. The van der Waals surface area contributed by atoms with Crippen LogP contribution in [0.3, 0.4) is 0 Å². The predicted molar refractivity (Wildman–Crippen MR) is 75.6 cm³/mol. The summed E-state index contributed by atoms with van der Waals surface area (Å²) < 4.78 is 9.97. The van der Waals surface area contributed by atoms with E-state index in [-0.39, 0.29) is 0 Å². The van der Waals surface area contributed by atoms with Crippen molar-refractivity contribution in [3.63, 3.8) is 0 Å². The van der Waals surface area contributed by atoms with Crippen molar-refractivity contribution in [2.24, 2.45) is 0 Å². The Hall–Kier alpha value is -1.36. The molecule has 0 N–H and O–H groups in total. The average molecular weight is 329 g/mol. The molecule has 1 aromatic rings. The molecule has 0 spiro atoms. The van der Waals surface area contributed by atoms with E-state index >= 15 is 0 Å². The summed E-state index contributed by atoms with van der Waals surface area (Å²) >= 11 is 3.29. The van der Waals surface area contributed by atoms with Crippen LogP contribution < -0.4 is 0 Å². The normalized spacial score (nSPS) is 11.0. The van der Waals surface area contributed by atoms with Crippen LogP contribution in [0.5, 0.6) is 0 Å². The number of carbonyl (C=O) groups excluding carboxylic acids is 2. The van der Waals surface area contributed by atoms with E-state index in [2.05, 4.69) is 15.9 Å². The summed E-state index contributed by atoms with van der Waals surface area (Å²) in [5, 5.41) is 0.506. The zero-order valence-electron chi connectivity index (χ0n) is 11.5. The molecule has 0 aliphatic rings. The van der Waals surface area contributed by atoms with Gasteiger partial charge >= 0.3 is 11.9 Å². The van der Waals surface area contributed by atoms with Crippen molar-refractivity contribution >= 4 is 27.9 Å². The SMILES string of the molecule is COC(=O)c1cc(C(=O)OC(C)(C)C)ccc1CBr. The largest absolute Gasteiger partial charge is 0.465 e. The van der Waals surface area contributed by atoms with Crippen LogP contribution in [0.1, 0.15) is 47.1 Å². The zero-order chi connectivity index (χ0) is 14.6. The predicted octanol–water partition coefficient (Wildman–Crippen LogP) is 3.32. The number of carbonyl (C=O) groups is 2. The molecule has 0 fully saturated rings. The Morgan fingerprint density at radius 2 is 1.84 bits per heavy atom. The maximum absolute atomic E-state index is 11.9. The van der Waals surface area contributed by atoms with E-state index in [9.17, 15) is 9.59 Å². The second-order valence-corrected chi connectivity index (χ2v) is 5.56. The molecule has 0 bridgehead atoms. The summed E-state index contributed by atoms with van der Waals surface area (Å²) in [5.74, 6) is -0.932. The number of ether oxygens (including phenoxy) is 2.